The number of rotatable bonds is 1. The number of hydrogen-bond donors (Lipinski definition) is 0. The molecule has 0 N–H and O–H groups in total. The van der Waals surface area contributed by atoms with E-state index in [4.69, 9.17) is 23.0 Å². The van der Waals surface area contributed by atoms with Crippen molar-refractivity contribution in [2.75, 3.05) is 4.90 Å². The molecule has 0 atom stereocenters. The van der Waals surface area contributed by atoms with Crippen molar-refractivity contribution in [1.29, 1.82) is 0 Å². The second-order valence-electron chi connectivity index (χ2n) is 15.1. The van der Waals surface area contributed by atoms with E-state index in [9.17, 15) is 0 Å². The van der Waals surface area contributed by atoms with Gasteiger partial charge in [-0.25, -0.2) is 0 Å². The maximum atomic E-state index is 7.09. The van der Waals surface area contributed by atoms with Gasteiger partial charge in [0.05, 0.1) is 16.5 Å². The summed E-state index contributed by atoms with van der Waals surface area (Å²) >= 11 is 0. The van der Waals surface area contributed by atoms with Gasteiger partial charge in [0, 0.05) is 45.8 Å². The Labute approximate surface area is 320 Å². The molecule has 2 aromatic heterocycles. The van der Waals surface area contributed by atoms with Crippen molar-refractivity contribution in [3.8, 4) is 34.5 Å². The predicted molar refractivity (Wildman–Crippen MR) is 225 cm³/mol. The van der Waals surface area contributed by atoms with Crippen LogP contribution in [0.1, 0.15) is 0 Å². The Morgan fingerprint density at radius 3 is 1.71 bits per heavy atom. The van der Waals surface area contributed by atoms with Crippen LogP contribution in [0.2, 0.25) is 0 Å². The Morgan fingerprint density at radius 1 is 0.393 bits per heavy atom. The predicted octanol–water partition coefficient (Wildman–Crippen LogP) is 8.62. The Balaban J connectivity index is 1.11. The van der Waals surface area contributed by atoms with Gasteiger partial charge < -0.3 is 27.9 Å². The largest absolute Gasteiger partial charge is 0.458 e. The van der Waals surface area contributed by atoms with Crippen LogP contribution in [0.5, 0.6) is 34.5 Å². The Kier molecular flexibility index (Phi) is 5.33. The van der Waals surface area contributed by atoms with Gasteiger partial charge in [-0.3, -0.25) is 0 Å². The summed E-state index contributed by atoms with van der Waals surface area (Å²) in [6, 6.07) is 52.7. The normalized spacial score (nSPS) is 14.0. The molecule has 56 heavy (non-hydrogen) atoms. The van der Waals surface area contributed by atoms with Crippen LogP contribution in [0.4, 0.5) is 17.1 Å². The van der Waals surface area contributed by atoms with E-state index < -0.39 is 0 Å². The molecular formula is C48H25B2NO5. The van der Waals surface area contributed by atoms with Crippen molar-refractivity contribution in [2.45, 2.75) is 0 Å². The van der Waals surface area contributed by atoms with Crippen molar-refractivity contribution in [1.82, 2.24) is 0 Å². The molecular weight excluding hydrogens is 692 g/mol. The van der Waals surface area contributed by atoms with E-state index in [1.807, 2.05) is 48.5 Å². The Hall–Kier alpha value is -7.31. The number of para-hydroxylation sites is 5. The maximum absolute atomic E-state index is 7.09. The highest BCUT2D eigenvalue weighted by molar-refractivity contribution is 7.02. The van der Waals surface area contributed by atoms with E-state index in [1.54, 1.807) is 0 Å². The molecule has 0 amide bonds. The number of nitrogens with zero attached hydrogens (tertiary/aromatic N) is 1. The van der Waals surface area contributed by atoms with Crippen LogP contribution in [0.25, 0.3) is 43.9 Å². The molecule has 4 aliphatic rings. The molecule has 4 aliphatic heterocycles. The number of hydrogen-bond acceptors (Lipinski definition) is 6. The summed E-state index contributed by atoms with van der Waals surface area (Å²) in [7, 11) is 0. The average Bonchev–Trinajstić information content (AvgIpc) is 3.81. The van der Waals surface area contributed by atoms with Gasteiger partial charge in [-0.05, 0) is 63.7 Å². The molecule has 10 aromatic rings. The summed E-state index contributed by atoms with van der Waals surface area (Å²) in [6.07, 6.45) is 0. The van der Waals surface area contributed by atoms with Gasteiger partial charge in [-0.1, -0.05) is 97.1 Å². The third-order valence-electron chi connectivity index (χ3n) is 12.2. The first-order chi connectivity index (χ1) is 27.8. The molecule has 0 fully saturated rings. The lowest BCUT2D eigenvalue weighted by atomic mass is 9.31. The molecule has 0 bridgehead atoms. The van der Waals surface area contributed by atoms with E-state index in [0.29, 0.717) is 0 Å². The van der Waals surface area contributed by atoms with Crippen LogP contribution < -0.4 is 51.9 Å². The molecule has 0 saturated heterocycles. The molecule has 0 aliphatic carbocycles. The van der Waals surface area contributed by atoms with Gasteiger partial charge in [0.25, 0.3) is 13.4 Å². The number of anilines is 3. The van der Waals surface area contributed by atoms with Crippen LogP contribution in [0.15, 0.2) is 160 Å². The minimum Gasteiger partial charge on any atom is -0.458 e. The first-order valence-electron chi connectivity index (χ1n) is 19.0. The number of ether oxygens (including phenoxy) is 3. The zero-order valence-electron chi connectivity index (χ0n) is 29.6. The van der Waals surface area contributed by atoms with Crippen LogP contribution >= 0.6 is 0 Å². The average molecular weight is 717 g/mol. The van der Waals surface area contributed by atoms with Crippen molar-refractivity contribution in [2.24, 2.45) is 0 Å². The molecule has 0 saturated carbocycles. The smallest absolute Gasteiger partial charge is 0.260 e. The molecule has 0 radical (unpaired) electrons. The van der Waals surface area contributed by atoms with E-state index in [1.165, 1.54) is 5.46 Å². The van der Waals surface area contributed by atoms with E-state index in [0.717, 1.165) is 123 Å². The first-order valence-corrected chi connectivity index (χ1v) is 19.0. The van der Waals surface area contributed by atoms with E-state index in [-0.39, 0.29) is 13.4 Å². The number of benzene rings is 8. The van der Waals surface area contributed by atoms with Crippen LogP contribution in [-0.2, 0) is 0 Å². The van der Waals surface area contributed by atoms with Gasteiger partial charge in [-0.15, -0.1) is 0 Å². The summed E-state index contributed by atoms with van der Waals surface area (Å²) in [6.45, 7) is -0.266. The van der Waals surface area contributed by atoms with Gasteiger partial charge >= 0.3 is 0 Å². The molecule has 0 unspecified atom stereocenters. The Morgan fingerprint density at radius 2 is 0.964 bits per heavy atom. The quantitative estimate of drug-likeness (QED) is 0.159. The molecule has 6 nitrogen and oxygen atoms in total. The van der Waals surface area contributed by atoms with Crippen molar-refractivity contribution in [3.63, 3.8) is 0 Å². The van der Waals surface area contributed by atoms with Crippen LogP contribution in [0.3, 0.4) is 0 Å². The molecule has 258 valence electrons. The van der Waals surface area contributed by atoms with E-state index in [2.05, 4.69) is 108 Å². The SMILES string of the molecule is c1ccc(N2c3cc4c(cc3B3c5ccccc5Oc5cc6oc7ccccc7c6c2c53)B2c3ccccc3Oc3c2c(cc2oc5ccccc5c32)O4)cc1. The highest BCUT2D eigenvalue weighted by Crippen LogP contribution is 2.49. The highest BCUT2D eigenvalue weighted by atomic mass is 16.5. The lowest BCUT2D eigenvalue weighted by Crippen LogP contribution is -2.62. The standard InChI is InChI=1S/C48H25B2NO5/c1-2-12-26(13-3-1)51-33-23-38-32(50-30-17-7-11-21-37(30)56-48-44-28-15-5-9-19-35(28)53-40(44)25-42(55-38)46(48)50)22-31(33)49-29-16-6-10-20-36(29)54-41-24-39-43(47(51)45(41)49)27-14-4-8-18-34(27)52-39/h1-25H. The maximum Gasteiger partial charge on any atom is 0.260 e. The number of fused-ring (bicyclic) bond motifs is 16. The summed E-state index contributed by atoms with van der Waals surface area (Å²) in [5, 5.41) is 4.11. The molecule has 0 spiro atoms. The van der Waals surface area contributed by atoms with Crippen molar-refractivity contribution in [3.05, 3.63) is 152 Å². The fourth-order valence-corrected chi connectivity index (χ4v) is 10.00. The second kappa shape index (κ2) is 10.3. The first kappa shape index (κ1) is 29.1. The fourth-order valence-electron chi connectivity index (χ4n) is 10.00. The van der Waals surface area contributed by atoms with Crippen LogP contribution in [0, 0.1) is 0 Å². The zero-order valence-corrected chi connectivity index (χ0v) is 29.6. The summed E-state index contributed by atoms with van der Waals surface area (Å²) in [4.78, 5) is 2.39. The summed E-state index contributed by atoms with van der Waals surface area (Å²) < 4.78 is 33.8. The van der Waals surface area contributed by atoms with Gasteiger partial charge in [-0.2, -0.15) is 0 Å². The minimum atomic E-state index is -0.140. The third kappa shape index (κ3) is 3.59. The summed E-state index contributed by atoms with van der Waals surface area (Å²) in [5.74, 6) is 4.81. The van der Waals surface area contributed by atoms with Gasteiger partial charge in [0.1, 0.15) is 56.8 Å². The highest BCUT2D eigenvalue weighted by Gasteiger charge is 2.47. The van der Waals surface area contributed by atoms with E-state index >= 15 is 0 Å². The fraction of sp³-hybridized carbons (Fsp3) is 0. The second-order valence-corrected chi connectivity index (χ2v) is 15.1. The van der Waals surface area contributed by atoms with Gasteiger partial charge in [0.2, 0.25) is 0 Å². The van der Waals surface area contributed by atoms with Crippen molar-refractivity contribution >= 4 is 107 Å². The lowest BCUT2D eigenvalue weighted by Gasteiger charge is -2.41. The molecule has 8 heteroatoms. The molecule has 8 aromatic carbocycles. The monoisotopic (exact) mass is 717 g/mol. The third-order valence-corrected chi connectivity index (χ3v) is 12.2. The van der Waals surface area contributed by atoms with Crippen LogP contribution in [-0.4, -0.2) is 13.4 Å². The van der Waals surface area contributed by atoms with Gasteiger partial charge in [0.15, 0.2) is 0 Å². The summed E-state index contributed by atoms with van der Waals surface area (Å²) in [5.41, 5.74) is 12.9. The number of furan rings is 2. The Bertz CT molecular complexity index is 3390. The minimum absolute atomic E-state index is 0.125. The molecule has 6 heterocycles. The molecule has 14 rings (SSSR count). The lowest BCUT2D eigenvalue weighted by molar-refractivity contribution is 0.467. The topological polar surface area (TPSA) is 57.2 Å². The van der Waals surface area contributed by atoms with Crippen molar-refractivity contribution < 1.29 is 23.0 Å². The zero-order chi connectivity index (χ0) is 36.2.